The van der Waals surface area contributed by atoms with E-state index in [4.69, 9.17) is 4.84 Å². The van der Waals surface area contributed by atoms with Crippen LogP contribution in [0, 0.1) is 0 Å². The molecule has 2 aliphatic rings. The van der Waals surface area contributed by atoms with Crippen LogP contribution in [0.5, 0.6) is 0 Å². The Balaban J connectivity index is 2.26. The number of hydrogen-bond acceptors (Lipinski definition) is 3. The molecule has 0 atom stereocenters. The van der Waals surface area contributed by atoms with E-state index in [9.17, 15) is 0 Å². The normalized spacial score (nSPS) is 20.1. The molecule has 0 aromatic heterocycles. The minimum atomic E-state index is 0.110. The molecule has 0 saturated carbocycles. The zero-order valence-corrected chi connectivity index (χ0v) is 8.16. The van der Waals surface area contributed by atoms with E-state index in [1.54, 1.807) is 6.26 Å². The van der Waals surface area contributed by atoms with Crippen molar-refractivity contribution in [3.05, 3.63) is 36.0 Å². The third-order valence-electron chi connectivity index (χ3n) is 2.12. The van der Waals surface area contributed by atoms with Gasteiger partial charge < -0.3 is 9.74 Å². The summed E-state index contributed by atoms with van der Waals surface area (Å²) in [6.45, 7) is 6.50. The Kier molecular flexibility index (Phi) is 1.62. The van der Waals surface area contributed by atoms with Gasteiger partial charge in [-0.05, 0) is 26.8 Å². The number of rotatable bonds is 0. The van der Waals surface area contributed by atoms with Gasteiger partial charge in [0.1, 0.15) is 6.26 Å². The molecule has 2 heterocycles. The Morgan fingerprint density at radius 2 is 2.15 bits per heavy atom. The molecule has 2 aliphatic heterocycles. The third-order valence-corrected chi connectivity index (χ3v) is 2.12. The molecule has 0 saturated heterocycles. The molecular formula is C10H14N2O. The third kappa shape index (κ3) is 1.41. The predicted octanol–water partition coefficient (Wildman–Crippen LogP) is 1.87. The maximum atomic E-state index is 4.99. The zero-order chi connectivity index (χ0) is 9.47. The van der Waals surface area contributed by atoms with E-state index in [2.05, 4.69) is 43.6 Å². The Morgan fingerprint density at radius 1 is 1.38 bits per heavy atom. The number of fused-ring (bicyclic) bond motifs is 1. The lowest BCUT2D eigenvalue weighted by molar-refractivity contribution is 0.182. The second-order valence-corrected chi connectivity index (χ2v) is 4.23. The van der Waals surface area contributed by atoms with Gasteiger partial charge in [0.15, 0.2) is 0 Å². The van der Waals surface area contributed by atoms with Gasteiger partial charge in [0, 0.05) is 23.5 Å². The van der Waals surface area contributed by atoms with Gasteiger partial charge in [-0.1, -0.05) is 0 Å². The van der Waals surface area contributed by atoms with Crippen LogP contribution in [0.4, 0.5) is 0 Å². The number of allylic oxidation sites excluding steroid dienone is 1. The topological polar surface area (TPSA) is 24.5 Å². The smallest absolute Gasteiger partial charge is 0.128 e. The van der Waals surface area contributed by atoms with Gasteiger partial charge >= 0.3 is 0 Å². The van der Waals surface area contributed by atoms with Crippen LogP contribution < -0.4 is 5.48 Å². The molecule has 3 heteroatoms. The van der Waals surface area contributed by atoms with Gasteiger partial charge in [0.2, 0.25) is 0 Å². The summed E-state index contributed by atoms with van der Waals surface area (Å²) >= 11 is 0. The Hall–Kier alpha value is -1.38. The van der Waals surface area contributed by atoms with E-state index in [0.29, 0.717) is 0 Å². The molecule has 0 spiro atoms. The van der Waals surface area contributed by atoms with Gasteiger partial charge in [-0.3, -0.25) is 0 Å². The molecule has 0 aromatic rings. The van der Waals surface area contributed by atoms with Crippen molar-refractivity contribution in [2.24, 2.45) is 0 Å². The number of hydroxylamine groups is 1. The van der Waals surface area contributed by atoms with Gasteiger partial charge in [0.25, 0.3) is 0 Å². The van der Waals surface area contributed by atoms with E-state index in [1.807, 2.05) is 6.08 Å². The second-order valence-electron chi connectivity index (χ2n) is 4.23. The lowest BCUT2D eigenvalue weighted by atomic mass is 10.0. The molecule has 0 aromatic carbocycles. The van der Waals surface area contributed by atoms with E-state index < -0.39 is 0 Å². The molecule has 70 valence electrons. The van der Waals surface area contributed by atoms with Crippen molar-refractivity contribution in [3.8, 4) is 0 Å². The largest absolute Gasteiger partial charge is 0.389 e. The Bertz CT molecular complexity index is 307. The zero-order valence-electron chi connectivity index (χ0n) is 8.16. The molecule has 0 radical (unpaired) electrons. The highest BCUT2D eigenvalue weighted by Crippen LogP contribution is 2.25. The van der Waals surface area contributed by atoms with Gasteiger partial charge in [0.05, 0.1) is 5.70 Å². The molecule has 13 heavy (non-hydrogen) atoms. The summed E-state index contributed by atoms with van der Waals surface area (Å²) in [6.07, 6.45) is 7.87. The van der Waals surface area contributed by atoms with Crippen LogP contribution in [0.1, 0.15) is 20.8 Å². The summed E-state index contributed by atoms with van der Waals surface area (Å²) in [5.41, 5.74) is 5.07. The summed E-state index contributed by atoms with van der Waals surface area (Å²) in [5, 5.41) is 0. The van der Waals surface area contributed by atoms with Crippen LogP contribution in [-0.4, -0.2) is 10.4 Å². The quantitative estimate of drug-likeness (QED) is 0.613. The van der Waals surface area contributed by atoms with Gasteiger partial charge in [-0.25, -0.2) is 5.48 Å². The lowest BCUT2D eigenvalue weighted by Gasteiger charge is -2.33. The molecular weight excluding hydrogens is 164 g/mol. The summed E-state index contributed by atoms with van der Waals surface area (Å²) in [5.74, 6) is 0. The van der Waals surface area contributed by atoms with Crippen LogP contribution in [0.25, 0.3) is 0 Å². The molecule has 0 aliphatic carbocycles. The van der Waals surface area contributed by atoms with E-state index in [0.717, 1.165) is 11.3 Å². The minimum absolute atomic E-state index is 0.110. The molecule has 0 fully saturated rings. The summed E-state index contributed by atoms with van der Waals surface area (Å²) in [7, 11) is 0. The average Bonchev–Trinajstić information content (AvgIpc) is 2.47. The van der Waals surface area contributed by atoms with Crippen molar-refractivity contribution >= 4 is 0 Å². The Morgan fingerprint density at radius 3 is 2.85 bits per heavy atom. The minimum Gasteiger partial charge on any atom is -0.389 e. The maximum Gasteiger partial charge on any atom is 0.128 e. The molecule has 3 nitrogen and oxygen atoms in total. The molecule has 0 bridgehead atoms. The SMILES string of the molecule is CC(C)(C)N1C=CC2=CONC2=C1. The average molecular weight is 178 g/mol. The van der Waals surface area contributed by atoms with E-state index in [-0.39, 0.29) is 5.54 Å². The molecule has 0 unspecified atom stereocenters. The van der Waals surface area contributed by atoms with Crippen molar-refractivity contribution in [3.63, 3.8) is 0 Å². The van der Waals surface area contributed by atoms with E-state index in [1.165, 1.54) is 0 Å². The standard InChI is InChI=1S/C10H14N2O/c1-10(2,3)12-5-4-8-7-13-11-9(8)6-12/h4-7,11H,1-3H3. The summed E-state index contributed by atoms with van der Waals surface area (Å²) < 4.78 is 0. The van der Waals surface area contributed by atoms with Gasteiger partial charge in [-0.15, -0.1) is 0 Å². The van der Waals surface area contributed by atoms with Crippen LogP contribution in [-0.2, 0) is 4.84 Å². The number of nitrogens with zero attached hydrogens (tertiary/aromatic N) is 1. The first-order valence-electron chi connectivity index (χ1n) is 4.38. The number of hydrogen-bond donors (Lipinski definition) is 1. The maximum absolute atomic E-state index is 4.99. The molecule has 2 rings (SSSR count). The summed E-state index contributed by atoms with van der Waals surface area (Å²) in [6, 6.07) is 0. The highest BCUT2D eigenvalue weighted by atomic mass is 16.6. The van der Waals surface area contributed by atoms with Crippen LogP contribution in [0.2, 0.25) is 0 Å². The van der Waals surface area contributed by atoms with Crippen LogP contribution in [0.3, 0.4) is 0 Å². The number of nitrogens with one attached hydrogen (secondary N) is 1. The van der Waals surface area contributed by atoms with Gasteiger partial charge in [-0.2, -0.15) is 0 Å². The highest BCUT2D eigenvalue weighted by molar-refractivity contribution is 5.42. The van der Waals surface area contributed by atoms with Crippen molar-refractivity contribution in [1.82, 2.24) is 10.4 Å². The van der Waals surface area contributed by atoms with Crippen LogP contribution in [0.15, 0.2) is 36.0 Å². The fourth-order valence-corrected chi connectivity index (χ4v) is 1.27. The van der Waals surface area contributed by atoms with Crippen molar-refractivity contribution in [2.75, 3.05) is 0 Å². The van der Waals surface area contributed by atoms with Crippen molar-refractivity contribution in [2.45, 2.75) is 26.3 Å². The first-order chi connectivity index (χ1) is 6.07. The first-order valence-corrected chi connectivity index (χ1v) is 4.38. The van der Waals surface area contributed by atoms with E-state index >= 15 is 0 Å². The Labute approximate surface area is 78.3 Å². The van der Waals surface area contributed by atoms with Crippen molar-refractivity contribution < 1.29 is 4.84 Å². The predicted molar refractivity (Wildman–Crippen MR) is 51.1 cm³/mol. The molecule has 1 N–H and O–H groups in total. The summed E-state index contributed by atoms with van der Waals surface area (Å²) in [4.78, 5) is 7.15. The van der Waals surface area contributed by atoms with Crippen molar-refractivity contribution in [1.29, 1.82) is 0 Å². The fraction of sp³-hybridized carbons (Fsp3) is 0.400. The fourth-order valence-electron chi connectivity index (χ4n) is 1.27. The highest BCUT2D eigenvalue weighted by Gasteiger charge is 2.22. The first kappa shape index (κ1) is 8.23. The second kappa shape index (κ2) is 2.55. The van der Waals surface area contributed by atoms with Crippen LogP contribution >= 0.6 is 0 Å². The monoisotopic (exact) mass is 178 g/mol. The lowest BCUT2D eigenvalue weighted by Crippen LogP contribution is -2.35. The molecule has 0 amide bonds.